The fraction of sp³-hybridized carbons (Fsp3) is 0.412. The van der Waals surface area contributed by atoms with E-state index in [0.717, 1.165) is 22.7 Å². The highest BCUT2D eigenvalue weighted by Gasteiger charge is 2.30. The molecule has 0 fully saturated rings. The summed E-state index contributed by atoms with van der Waals surface area (Å²) in [6, 6.07) is 4.51. The number of alkyl halides is 3. The minimum atomic E-state index is -4.35. The first-order chi connectivity index (χ1) is 11.6. The van der Waals surface area contributed by atoms with Gasteiger partial charge in [-0.05, 0) is 45.5 Å². The first-order valence-corrected chi connectivity index (χ1v) is 8.51. The third-order valence-electron chi connectivity index (χ3n) is 4.01. The number of rotatable bonds is 5. The highest BCUT2D eigenvalue weighted by atomic mass is 32.1. The number of hydrogen-bond acceptors (Lipinski definition) is 4. The zero-order valence-corrected chi connectivity index (χ0v) is 15.3. The van der Waals surface area contributed by atoms with Gasteiger partial charge >= 0.3 is 6.18 Å². The van der Waals surface area contributed by atoms with Gasteiger partial charge in [-0.1, -0.05) is 12.1 Å². The van der Waals surface area contributed by atoms with Gasteiger partial charge in [-0.3, -0.25) is 9.69 Å². The molecule has 0 aliphatic heterocycles. The number of likely N-dealkylation sites (N-methyl/N-ethyl adjacent to an activating group) is 1. The molecule has 1 aromatic carbocycles. The summed E-state index contributed by atoms with van der Waals surface area (Å²) in [5, 5.41) is 3.33. The van der Waals surface area contributed by atoms with Crippen LogP contribution in [0.25, 0.3) is 0 Å². The van der Waals surface area contributed by atoms with Crippen LogP contribution in [0.1, 0.15) is 28.6 Å². The maximum Gasteiger partial charge on any atom is 0.416 e. The van der Waals surface area contributed by atoms with Gasteiger partial charge in [0.2, 0.25) is 5.91 Å². The molecule has 0 aliphatic rings. The second-order valence-corrected chi connectivity index (χ2v) is 7.14. The van der Waals surface area contributed by atoms with E-state index in [9.17, 15) is 18.0 Å². The number of benzene rings is 1. The number of aryl methyl sites for hydroxylation is 2. The van der Waals surface area contributed by atoms with Gasteiger partial charge < -0.3 is 5.32 Å². The fourth-order valence-corrected chi connectivity index (χ4v) is 2.98. The zero-order valence-electron chi connectivity index (χ0n) is 14.4. The van der Waals surface area contributed by atoms with E-state index in [1.54, 1.807) is 18.9 Å². The van der Waals surface area contributed by atoms with E-state index in [4.69, 9.17) is 0 Å². The number of amides is 1. The van der Waals surface area contributed by atoms with Gasteiger partial charge in [-0.2, -0.15) is 13.2 Å². The lowest BCUT2D eigenvalue weighted by Gasteiger charge is -2.23. The Morgan fingerprint density at radius 2 is 1.88 bits per heavy atom. The summed E-state index contributed by atoms with van der Waals surface area (Å²) in [6.07, 6.45) is -4.35. The Labute approximate surface area is 148 Å². The maximum atomic E-state index is 12.6. The Hall–Kier alpha value is -1.93. The van der Waals surface area contributed by atoms with E-state index >= 15 is 0 Å². The van der Waals surface area contributed by atoms with Gasteiger partial charge in [-0.25, -0.2) is 4.98 Å². The molecule has 0 bridgehead atoms. The third-order valence-corrected chi connectivity index (χ3v) is 5.00. The average Bonchev–Trinajstić information content (AvgIpc) is 2.83. The minimum Gasteiger partial charge on any atom is -0.301 e. The molecule has 0 aliphatic carbocycles. The van der Waals surface area contributed by atoms with E-state index in [0.29, 0.717) is 17.2 Å². The van der Waals surface area contributed by atoms with Gasteiger partial charge in [0, 0.05) is 11.4 Å². The van der Waals surface area contributed by atoms with E-state index in [1.165, 1.54) is 23.5 Å². The maximum absolute atomic E-state index is 12.6. The van der Waals surface area contributed by atoms with Crippen LogP contribution in [0, 0.1) is 13.8 Å². The summed E-state index contributed by atoms with van der Waals surface area (Å²) >= 11 is 1.41. The Morgan fingerprint density at radius 3 is 2.36 bits per heavy atom. The number of nitrogens with zero attached hydrogens (tertiary/aromatic N) is 2. The lowest BCUT2D eigenvalue weighted by atomic mass is 10.1. The van der Waals surface area contributed by atoms with Crippen molar-refractivity contribution in [3.8, 4) is 0 Å². The van der Waals surface area contributed by atoms with E-state index < -0.39 is 17.8 Å². The number of aromatic nitrogens is 1. The number of halogens is 3. The Balaban J connectivity index is 1.97. The first-order valence-electron chi connectivity index (χ1n) is 7.69. The smallest absolute Gasteiger partial charge is 0.301 e. The standard InChI is InChI=1S/C17H20F3N3OS/c1-10-12(3)25-16(21-10)22-15(24)11(2)23(4)9-13-5-7-14(8-6-13)17(18,19)20/h5-8,11H,9H2,1-4H3,(H,21,22,24). The Morgan fingerprint density at radius 1 is 1.28 bits per heavy atom. The van der Waals surface area contributed by atoms with Crippen molar-refractivity contribution >= 4 is 22.4 Å². The van der Waals surface area contributed by atoms with Gasteiger partial charge in [-0.15, -0.1) is 11.3 Å². The molecule has 1 aromatic heterocycles. The third kappa shape index (κ3) is 5.02. The predicted molar refractivity (Wildman–Crippen MR) is 92.6 cm³/mol. The van der Waals surface area contributed by atoms with Gasteiger partial charge in [0.25, 0.3) is 0 Å². The lowest BCUT2D eigenvalue weighted by molar-refractivity contribution is -0.137. The SMILES string of the molecule is Cc1nc(NC(=O)C(C)N(C)Cc2ccc(C(F)(F)F)cc2)sc1C. The van der Waals surface area contributed by atoms with Crippen LogP contribution < -0.4 is 5.32 Å². The number of carbonyl (C=O) groups is 1. The number of hydrogen-bond donors (Lipinski definition) is 1. The quantitative estimate of drug-likeness (QED) is 0.855. The van der Waals surface area contributed by atoms with Gasteiger partial charge in [0.05, 0.1) is 17.3 Å². The monoisotopic (exact) mass is 371 g/mol. The molecule has 25 heavy (non-hydrogen) atoms. The van der Waals surface area contributed by atoms with Crippen LogP contribution in [0.3, 0.4) is 0 Å². The molecule has 136 valence electrons. The number of nitrogens with one attached hydrogen (secondary N) is 1. The molecule has 0 radical (unpaired) electrons. The van der Waals surface area contributed by atoms with Gasteiger partial charge in [0.15, 0.2) is 5.13 Å². The summed E-state index contributed by atoms with van der Waals surface area (Å²) in [5.74, 6) is -0.205. The predicted octanol–water partition coefficient (Wildman–Crippen LogP) is 4.24. The van der Waals surface area contributed by atoms with E-state index in [2.05, 4.69) is 10.3 Å². The average molecular weight is 371 g/mol. The molecule has 1 heterocycles. The van der Waals surface area contributed by atoms with Crippen molar-refractivity contribution in [3.63, 3.8) is 0 Å². The van der Waals surface area contributed by atoms with Crippen LogP contribution in [0.2, 0.25) is 0 Å². The van der Waals surface area contributed by atoms with Crippen LogP contribution in [-0.4, -0.2) is 28.9 Å². The number of anilines is 1. The summed E-state index contributed by atoms with van der Waals surface area (Å²) in [5.41, 5.74) is 0.904. The molecule has 2 rings (SSSR count). The molecule has 1 N–H and O–H groups in total. The highest BCUT2D eigenvalue weighted by molar-refractivity contribution is 7.15. The second kappa shape index (κ2) is 7.53. The molecule has 1 unspecified atom stereocenters. The molecule has 1 atom stereocenters. The molecule has 8 heteroatoms. The fourth-order valence-electron chi connectivity index (χ4n) is 2.16. The van der Waals surface area contributed by atoms with Crippen LogP contribution in [0.4, 0.5) is 18.3 Å². The van der Waals surface area contributed by atoms with Crippen LogP contribution in [0.15, 0.2) is 24.3 Å². The van der Waals surface area contributed by atoms with Crippen molar-refractivity contribution < 1.29 is 18.0 Å². The minimum absolute atomic E-state index is 0.205. The Bertz CT molecular complexity index is 721. The van der Waals surface area contributed by atoms with Crippen LogP contribution in [-0.2, 0) is 17.5 Å². The number of carbonyl (C=O) groups excluding carboxylic acids is 1. The normalized spacial score (nSPS) is 13.1. The second-order valence-electron chi connectivity index (χ2n) is 5.94. The molecule has 4 nitrogen and oxygen atoms in total. The first kappa shape index (κ1) is 19.4. The zero-order chi connectivity index (χ0) is 18.8. The van der Waals surface area contributed by atoms with Crippen LogP contribution >= 0.6 is 11.3 Å². The van der Waals surface area contributed by atoms with E-state index in [-0.39, 0.29) is 5.91 Å². The molecule has 2 aromatic rings. The van der Waals surface area contributed by atoms with E-state index in [1.807, 2.05) is 13.8 Å². The van der Waals surface area contributed by atoms with Crippen molar-refractivity contribution in [2.75, 3.05) is 12.4 Å². The van der Waals surface area contributed by atoms with Crippen molar-refractivity contribution in [1.29, 1.82) is 0 Å². The lowest BCUT2D eigenvalue weighted by Crippen LogP contribution is -2.39. The molecule has 0 saturated carbocycles. The van der Waals surface area contributed by atoms with Crippen molar-refractivity contribution in [3.05, 3.63) is 46.0 Å². The number of thiazole rings is 1. The summed E-state index contributed by atoms with van der Waals surface area (Å²) in [4.78, 5) is 19.4. The topological polar surface area (TPSA) is 45.2 Å². The molecule has 0 saturated heterocycles. The van der Waals surface area contributed by atoms with Crippen molar-refractivity contribution in [2.24, 2.45) is 0 Å². The molecular formula is C17H20F3N3OS. The summed E-state index contributed by atoms with van der Waals surface area (Å²) in [7, 11) is 1.75. The molecule has 0 spiro atoms. The van der Waals surface area contributed by atoms with Gasteiger partial charge in [0.1, 0.15) is 0 Å². The summed E-state index contributed by atoms with van der Waals surface area (Å²) in [6.45, 7) is 5.92. The van der Waals surface area contributed by atoms with Crippen LogP contribution in [0.5, 0.6) is 0 Å². The molecule has 1 amide bonds. The Kier molecular flexibility index (Phi) is 5.84. The molecular weight excluding hydrogens is 351 g/mol. The largest absolute Gasteiger partial charge is 0.416 e. The summed E-state index contributed by atoms with van der Waals surface area (Å²) < 4.78 is 37.8. The van der Waals surface area contributed by atoms with Crippen molar-refractivity contribution in [1.82, 2.24) is 9.88 Å². The van der Waals surface area contributed by atoms with Crippen molar-refractivity contribution in [2.45, 2.75) is 39.5 Å². The highest BCUT2D eigenvalue weighted by Crippen LogP contribution is 2.29.